The van der Waals surface area contributed by atoms with Crippen molar-refractivity contribution in [2.45, 2.75) is 102 Å². The van der Waals surface area contributed by atoms with Crippen LogP contribution < -0.4 is 16.0 Å². The third-order valence-corrected chi connectivity index (χ3v) is 6.19. The van der Waals surface area contributed by atoms with Crippen LogP contribution in [-0.4, -0.2) is 82.2 Å². The van der Waals surface area contributed by atoms with Crippen molar-refractivity contribution in [3.63, 3.8) is 0 Å². The highest BCUT2D eigenvalue weighted by atomic mass is 19.3. The van der Waals surface area contributed by atoms with Crippen LogP contribution in [-0.2, 0) is 19.2 Å². The summed E-state index contributed by atoms with van der Waals surface area (Å²) in [4.78, 5) is 63.4. The molecule has 0 radical (unpaired) electrons. The van der Waals surface area contributed by atoms with Gasteiger partial charge in [0.2, 0.25) is 23.5 Å². The molecule has 4 amide bonds. The van der Waals surface area contributed by atoms with E-state index in [2.05, 4.69) is 10.6 Å². The second-order valence-electron chi connectivity index (χ2n) is 10.9. The number of Topliss-reactive ketones (excluding diaryl/α,β-unsaturated/α-hetero) is 1. The van der Waals surface area contributed by atoms with Gasteiger partial charge in [-0.05, 0) is 31.6 Å². The Bertz CT molecular complexity index is 914. The molecule has 1 aliphatic heterocycles. The van der Waals surface area contributed by atoms with Gasteiger partial charge in [-0.25, -0.2) is 22.4 Å². The van der Waals surface area contributed by atoms with E-state index in [1.807, 2.05) is 5.32 Å². The minimum atomic E-state index is -3.37. The summed E-state index contributed by atoms with van der Waals surface area (Å²) in [6.45, 7) is 4.61. The van der Waals surface area contributed by atoms with E-state index in [-0.39, 0.29) is 6.04 Å². The van der Waals surface area contributed by atoms with Gasteiger partial charge in [0.25, 0.3) is 11.8 Å². The van der Waals surface area contributed by atoms with Crippen LogP contribution in [0.3, 0.4) is 0 Å². The van der Waals surface area contributed by atoms with Crippen molar-refractivity contribution >= 4 is 29.6 Å². The average molecular weight is 539 g/mol. The van der Waals surface area contributed by atoms with Gasteiger partial charge < -0.3 is 26.0 Å². The molecule has 0 aromatic rings. The second-order valence-corrected chi connectivity index (χ2v) is 10.9. The van der Waals surface area contributed by atoms with Gasteiger partial charge in [-0.1, -0.05) is 20.8 Å². The number of carbonyl (C=O) groups is 5. The largest absolute Gasteiger partial charge is 0.465 e. The number of ketones is 1. The number of nitrogens with zero attached hydrogens (tertiary/aromatic N) is 1. The van der Waals surface area contributed by atoms with Crippen molar-refractivity contribution in [1.29, 1.82) is 0 Å². The van der Waals surface area contributed by atoms with Crippen molar-refractivity contribution in [2.75, 3.05) is 6.54 Å². The number of nitrogens with one attached hydrogen (secondary N) is 3. The van der Waals surface area contributed by atoms with Crippen molar-refractivity contribution in [3.05, 3.63) is 0 Å². The molecular formula is C23H34F4N4O6. The van der Waals surface area contributed by atoms with Gasteiger partial charge in [0.15, 0.2) is 0 Å². The van der Waals surface area contributed by atoms with E-state index in [9.17, 15) is 41.5 Å². The first kappa shape index (κ1) is 30.3. The minimum Gasteiger partial charge on any atom is -0.465 e. The number of rotatable bonds is 10. The lowest BCUT2D eigenvalue weighted by Crippen LogP contribution is -2.63. The van der Waals surface area contributed by atoms with Crippen LogP contribution in [0.4, 0.5) is 22.4 Å². The molecule has 1 heterocycles. The molecule has 0 bridgehead atoms. The maximum atomic E-state index is 14.3. The zero-order valence-electron chi connectivity index (χ0n) is 21.2. The van der Waals surface area contributed by atoms with Crippen molar-refractivity contribution in [2.24, 2.45) is 5.41 Å². The van der Waals surface area contributed by atoms with Crippen LogP contribution in [0.5, 0.6) is 0 Å². The van der Waals surface area contributed by atoms with E-state index in [0.29, 0.717) is 19.8 Å². The predicted molar refractivity (Wildman–Crippen MR) is 122 cm³/mol. The first-order valence-corrected chi connectivity index (χ1v) is 12.0. The zero-order valence-corrected chi connectivity index (χ0v) is 21.2. The van der Waals surface area contributed by atoms with Crippen LogP contribution in [0, 0.1) is 5.41 Å². The molecule has 1 saturated heterocycles. The minimum absolute atomic E-state index is 0.235. The van der Waals surface area contributed by atoms with Gasteiger partial charge in [0.05, 0.1) is 6.04 Å². The Morgan fingerprint density at radius 2 is 1.65 bits per heavy atom. The highest BCUT2D eigenvalue weighted by Gasteiger charge is 2.49. The van der Waals surface area contributed by atoms with Crippen LogP contribution in [0.25, 0.3) is 0 Å². The van der Waals surface area contributed by atoms with E-state index < -0.39 is 97.2 Å². The molecule has 210 valence electrons. The van der Waals surface area contributed by atoms with Gasteiger partial charge in [0.1, 0.15) is 12.1 Å². The van der Waals surface area contributed by atoms with Crippen molar-refractivity contribution in [3.8, 4) is 0 Å². The molecule has 37 heavy (non-hydrogen) atoms. The molecule has 1 aliphatic carbocycles. The zero-order chi connectivity index (χ0) is 28.3. The Morgan fingerprint density at radius 1 is 1.05 bits per heavy atom. The topological polar surface area (TPSA) is 145 Å². The highest BCUT2D eigenvalue weighted by molar-refractivity contribution is 6.38. The third-order valence-electron chi connectivity index (χ3n) is 6.19. The fourth-order valence-electron chi connectivity index (χ4n) is 3.95. The molecule has 3 atom stereocenters. The summed E-state index contributed by atoms with van der Waals surface area (Å²) in [6, 6.07) is -5.20. The van der Waals surface area contributed by atoms with Crippen LogP contribution >= 0.6 is 0 Å². The van der Waals surface area contributed by atoms with E-state index in [1.165, 1.54) is 20.8 Å². The summed E-state index contributed by atoms with van der Waals surface area (Å²) in [6.07, 6.45) is -3.71. The van der Waals surface area contributed by atoms with E-state index in [4.69, 9.17) is 5.11 Å². The smallest absolute Gasteiger partial charge is 0.405 e. The Balaban J connectivity index is 2.30. The molecule has 2 fully saturated rings. The van der Waals surface area contributed by atoms with Gasteiger partial charge >= 0.3 is 6.09 Å². The summed E-state index contributed by atoms with van der Waals surface area (Å²) < 4.78 is 55.6. The van der Waals surface area contributed by atoms with Crippen molar-refractivity contribution < 1.29 is 46.6 Å². The third kappa shape index (κ3) is 9.15. The maximum absolute atomic E-state index is 14.3. The fraction of sp³-hybridized carbons (Fsp3) is 0.783. The van der Waals surface area contributed by atoms with E-state index in [0.717, 1.165) is 4.90 Å². The van der Waals surface area contributed by atoms with Gasteiger partial charge in [-0.2, -0.15) is 0 Å². The molecule has 2 aliphatic rings. The lowest BCUT2D eigenvalue weighted by Gasteiger charge is -2.42. The quantitative estimate of drug-likeness (QED) is 0.248. The first-order chi connectivity index (χ1) is 16.8. The molecule has 0 aromatic carbocycles. The second kappa shape index (κ2) is 11.2. The standard InChI is InChI=1S/C23H34F4N4O6/c1-21(2,3)16(30-20(36)37)19(35)31-10-9-23(26,27)11-14(31)17(33)29-13(7-8-22(4,24)25)15(32)18(34)28-12-5-6-12/h12-14,16,30H,5-11H2,1-4H3,(H,28,34)(H,29,33)(H,36,37)/t13-,14?,16+/m0/s1. The maximum Gasteiger partial charge on any atom is 0.405 e. The summed E-state index contributed by atoms with van der Waals surface area (Å²) in [5.74, 6) is -11.1. The molecule has 14 heteroatoms. The molecule has 4 N–H and O–H groups in total. The van der Waals surface area contributed by atoms with Gasteiger partial charge in [0, 0.05) is 31.8 Å². The molecule has 0 aromatic heterocycles. The number of hydrogen-bond donors (Lipinski definition) is 4. The molecular weight excluding hydrogens is 504 g/mol. The number of carboxylic acid groups (broad SMARTS) is 1. The lowest BCUT2D eigenvalue weighted by molar-refractivity contribution is -0.156. The number of halogens is 4. The molecule has 1 saturated carbocycles. The SMILES string of the molecule is CC(F)(F)CC[C@H](NC(=O)C1CC(F)(F)CCN1C(=O)[C@@H](NC(=O)O)C(C)(C)C)C(=O)C(=O)NC1CC1. The Morgan fingerprint density at radius 3 is 2.14 bits per heavy atom. The number of hydrogen-bond acceptors (Lipinski definition) is 5. The van der Waals surface area contributed by atoms with Crippen molar-refractivity contribution in [1.82, 2.24) is 20.9 Å². The van der Waals surface area contributed by atoms with E-state index >= 15 is 0 Å². The lowest BCUT2D eigenvalue weighted by atomic mass is 9.84. The summed E-state index contributed by atoms with van der Waals surface area (Å²) in [5.41, 5.74) is -0.997. The summed E-state index contributed by atoms with van der Waals surface area (Å²) in [5, 5.41) is 15.7. The van der Waals surface area contributed by atoms with Crippen LogP contribution in [0.15, 0.2) is 0 Å². The Kier molecular flexibility index (Phi) is 9.18. The monoisotopic (exact) mass is 538 g/mol. The Hall–Kier alpha value is -2.93. The summed E-state index contributed by atoms with van der Waals surface area (Å²) >= 11 is 0. The predicted octanol–water partition coefficient (Wildman–Crippen LogP) is 2.06. The summed E-state index contributed by atoms with van der Waals surface area (Å²) in [7, 11) is 0. The normalized spacial score (nSPS) is 21.4. The number of alkyl halides is 4. The fourth-order valence-corrected chi connectivity index (χ4v) is 3.95. The molecule has 2 rings (SSSR count). The van der Waals surface area contributed by atoms with E-state index in [1.54, 1.807) is 0 Å². The molecule has 0 spiro atoms. The van der Waals surface area contributed by atoms with Crippen LogP contribution in [0.2, 0.25) is 0 Å². The molecule has 10 nitrogen and oxygen atoms in total. The highest BCUT2D eigenvalue weighted by Crippen LogP contribution is 2.34. The Labute approximate surface area is 211 Å². The molecule has 1 unspecified atom stereocenters. The van der Waals surface area contributed by atoms with Gasteiger partial charge in [-0.15, -0.1) is 0 Å². The number of carbonyl (C=O) groups excluding carboxylic acids is 4. The number of likely N-dealkylation sites (tertiary alicyclic amines) is 1. The van der Waals surface area contributed by atoms with Gasteiger partial charge in [-0.3, -0.25) is 19.2 Å². The number of amides is 4. The number of piperidine rings is 1. The first-order valence-electron chi connectivity index (χ1n) is 12.0. The van der Waals surface area contributed by atoms with Crippen LogP contribution in [0.1, 0.15) is 66.2 Å². The average Bonchev–Trinajstić information content (AvgIpc) is 3.55.